The third-order valence-corrected chi connectivity index (χ3v) is 7.75. The zero-order chi connectivity index (χ0) is 19.0. The maximum atomic E-state index is 12.7. The molecule has 1 N–H and O–H groups in total. The van der Waals surface area contributed by atoms with Gasteiger partial charge in [0.05, 0.1) is 10.6 Å². The summed E-state index contributed by atoms with van der Waals surface area (Å²) in [7, 11) is -2.10. The molecule has 2 aromatic rings. The van der Waals surface area contributed by atoms with E-state index in [1.807, 2.05) is 0 Å². The molecule has 2 aliphatic carbocycles. The molecule has 2 aliphatic rings. The molecule has 1 amide bonds. The quantitative estimate of drug-likeness (QED) is 0.859. The molecule has 2 fully saturated rings. The van der Waals surface area contributed by atoms with Gasteiger partial charge in [0.15, 0.2) is 0 Å². The number of anilines is 1. The van der Waals surface area contributed by atoms with E-state index in [0.717, 1.165) is 12.3 Å². The summed E-state index contributed by atoms with van der Waals surface area (Å²) in [6.07, 6.45) is 4.85. The van der Waals surface area contributed by atoms with E-state index in [2.05, 4.69) is 5.32 Å². The van der Waals surface area contributed by atoms with E-state index in [9.17, 15) is 13.2 Å². The Morgan fingerprint density at radius 3 is 2.30 bits per heavy atom. The number of benzene rings is 2. The molecule has 0 heterocycles. The van der Waals surface area contributed by atoms with Crippen molar-refractivity contribution in [1.29, 1.82) is 0 Å². The van der Waals surface area contributed by atoms with E-state index in [1.165, 1.54) is 30.6 Å². The van der Waals surface area contributed by atoms with Gasteiger partial charge in [0.1, 0.15) is 0 Å². The molecule has 142 valence electrons. The van der Waals surface area contributed by atoms with Gasteiger partial charge in [-0.2, -0.15) is 0 Å². The highest BCUT2D eigenvalue weighted by atomic mass is 32.2. The summed E-state index contributed by atoms with van der Waals surface area (Å²) in [6.45, 7) is 0. The Labute approximate surface area is 160 Å². The monoisotopic (exact) mass is 384 g/mol. The second-order valence-electron chi connectivity index (χ2n) is 7.59. The molecular weight excluding hydrogens is 360 g/mol. The number of sulfonamides is 1. The summed E-state index contributed by atoms with van der Waals surface area (Å²) < 4.78 is 26.6. The lowest BCUT2D eigenvalue weighted by Crippen LogP contribution is -2.38. The molecule has 2 aromatic carbocycles. The van der Waals surface area contributed by atoms with Crippen LogP contribution in [0, 0.1) is 11.8 Å². The van der Waals surface area contributed by atoms with Gasteiger partial charge >= 0.3 is 0 Å². The van der Waals surface area contributed by atoms with Crippen molar-refractivity contribution in [1.82, 2.24) is 5.32 Å². The molecule has 2 bridgehead atoms. The van der Waals surface area contributed by atoms with Crippen LogP contribution in [0.4, 0.5) is 5.69 Å². The number of nitrogens with zero attached hydrogens (tertiary/aromatic N) is 1. The van der Waals surface area contributed by atoms with Crippen molar-refractivity contribution in [3.8, 4) is 0 Å². The van der Waals surface area contributed by atoms with Gasteiger partial charge in [-0.05, 0) is 67.5 Å². The normalized spacial score (nSPS) is 24.0. The molecule has 0 spiro atoms. The summed E-state index contributed by atoms with van der Waals surface area (Å²) in [5, 5.41) is 3.16. The Kier molecular flexibility index (Phi) is 4.68. The van der Waals surface area contributed by atoms with Crippen LogP contribution in [0.5, 0.6) is 0 Å². The van der Waals surface area contributed by atoms with Crippen molar-refractivity contribution >= 4 is 21.6 Å². The first kappa shape index (κ1) is 18.0. The van der Waals surface area contributed by atoms with Crippen LogP contribution in [0.1, 0.15) is 36.0 Å². The van der Waals surface area contributed by atoms with E-state index in [4.69, 9.17) is 0 Å². The van der Waals surface area contributed by atoms with Crippen molar-refractivity contribution in [2.75, 3.05) is 11.4 Å². The minimum atomic E-state index is -3.62. The molecule has 0 unspecified atom stereocenters. The summed E-state index contributed by atoms with van der Waals surface area (Å²) in [5.41, 5.74) is 1.09. The van der Waals surface area contributed by atoms with E-state index in [-0.39, 0.29) is 16.8 Å². The predicted molar refractivity (Wildman–Crippen MR) is 105 cm³/mol. The van der Waals surface area contributed by atoms with Crippen LogP contribution in [0.25, 0.3) is 0 Å². The smallest absolute Gasteiger partial charge is 0.264 e. The minimum Gasteiger partial charge on any atom is -0.349 e. The van der Waals surface area contributed by atoms with Gasteiger partial charge in [0.25, 0.3) is 15.9 Å². The highest BCUT2D eigenvalue weighted by Gasteiger charge is 2.40. The van der Waals surface area contributed by atoms with Gasteiger partial charge in [0.2, 0.25) is 0 Å². The van der Waals surface area contributed by atoms with Crippen LogP contribution in [0.2, 0.25) is 0 Å². The van der Waals surface area contributed by atoms with E-state index in [0.29, 0.717) is 17.2 Å². The molecule has 4 rings (SSSR count). The largest absolute Gasteiger partial charge is 0.349 e. The third kappa shape index (κ3) is 3.46. The van der Waals surface area contributed by atoms with Crippen molar-refractivity contribution in [2.24, 2.45) is 11.8 Å². The van der Waals surface area contributed by atoms with Crippen molar-refractivity contribution in [2.45, 2.75) is 36.6 Å². The number of hydrogen-bond donors (Lipinski definition) is 1. The van der Waals surface area contributed by atoms with Crippen molar-refractivity contribution in [3.63, 3.8) is 0 Å². The van der Waals surface area contributed by atoms with Gasteiger partial charge in [-0.25, -0.2) is 8.42 Å². The second-order valence-corrected chi connectivity index (χ2v) is 9.56. The summed E-state index contributed by atoms with van der Waals surface area (Å²) >= 11 is 0. The molecule has 0 radical (unpaired) electrons. The van der Waals surface area contributed by atoms with Crippen LogP contribution in [0.3, 0.4) is 0 Å². The molecule has 27 heavy (non-hydrogen) atoms. The fraction of sp³-hybridized carbons (Fsp3) is 0.381. The SMILES string of the molecule is CN(c1ccc(C(=O)N[C@@H]2C[C@@H]3CC[C@@H]2C3)cc1)S(=O)(=O)c1ccccc1. The lowest BCUT2D eigenvalue weighted by molar-refractivity contribution is 0.0923. The Hall–Kier alpha value is -2.34. The number of fused-ring (bicyclic) bond motifs is 2. The fourth-order valence-electron chi connectivity index (χ4n) is 4.39. The molecule has 2 saturated carbocycles. The van der Waals surface area contributed by atoms with Crippen LogP contribution in [-0.4, -0.2) is 27.4 Å². The van der Waals surface area contributed by atoms with E-state index >= 15 is 0 Å². The van der Waals surface area contributed by atoms with E-state index < -0.39 is 10.0 Å². The van der Waals surface area contributed by atoms with Crippen LogP contribution < -0.4 is 9.62 Å². The average Bonchev–Trinajstić information content (AvgIpc) is 3.31. The summed E-state index contributed by atoms with van der Waals surface area (Å²) in [6, 6.07) is 15.3. The maximum absolute atomic E-state index is 12.7. The second kappa shape index (κ2) is 7.00. The van der Waals surface area contributed by atoms with Gasteiger partial charge in [-0.1, -0.05) is 24.6 Å². The molecule has 0 saturated heterocycles. The highest BCUT2D eigenvalue weighted by molar-refractivity contribution is 7.92. The number of amides is 1. The molecular formula is C21H24N2O3S. The van der Waals surface area contributed by atoms with Crippen LogP contribution in [0.15, 0.2) is 59.5 Å². The minimum absolute atomic E-state index is 0.0762. The lowest BCUT2D eigenvalue weighted by atomic mass is 9.95. The number of hydrogen-bond acceptors (Lipinski definition) is 3. The standard InChI is InChI=1S/C21H24N2O3S/c1-23(27(25,26)19-5-3-2-4-6-19)18-11-9-16(10-12-18)21(24)22-20-14-15-7-8-17(20)13-15/h2-6,9-12,15,17,20H,7-8,13-14H2,1H3,(H,22,24)/t15-,17-,20-/m1/s1. The zero-order valence-corrected chi connectivity index (χ0v) is 16.2. The molecule has 0 aromatic heterocycles. The average molecular weight is 385 g/mol. The Balaban J connectivity index is 1.46. The lowest BCUT2D eigenvalue weighted by Gasteiger charge is -2.23. The van der Waals surface area contributed by atoms with Crippen LogP contribution >= 0.6 is 0 Å². The number of rotatable bonds is 5. The third-order valence-electron chi connectivity index (χ3n) is 5.95. The Morgan fingerprint density at radius 2 is 1.70 bits per heavy atom. The Bertz CT molecular complexity index is 926. The van der Waals surface area contributed by atoms with Gasteiger partial charge in [0, 0.05) is 18.7 Å². The van der Waals surface area contributed by atoms with Crippen molar-refractivity contribution in [3.05, 3.63) is 60.2 Å². The first-order chi connectivity index (χ1) is 12.9. The van der Waals surface area contributed by atoms with Crippen molar-refractivity contribution < 1.29 is 13.2 Å². The summed E-state index contributed by atoms with van der Waals surface area (Å²) in [4.78, 5) is 12.8. The number of nitrogens with one attached hydrogen (secondary N) is 1. The number of carbonyl (C=O) groups excluding carboxylic acids is 1. The van der Waals surface area contributed by atoms with Crippen LogP contribution in [-0.2, 0) is 10.0 Å². The van der Waals surface area contributed by atoms with Gasteiger partial charge in [-0.15, -0.1) is 0 Å². The molecule has 6 heteroatoms. The molecule has 0 aliphatic heterocycles. The van der Waals surface area contributed by atoms with E-state index in [1.54, 1.807) is 54.6 Å². The first-order valence-corrected chi connectivity index (χ1v) is 10.8. The highest BCUT2D eigenvalue weighted by Crippen LogP contribution is 2.44. The predicted octanol–water partition coefficient (Wildman–Crippen LogP) is 3.43. The molecule has 3 atom stereocenters. The zero-order valence-electron chi connectivity index (χ0n) is 15.3. The number of carbonyl (C=O) groups is 1. The molecule has 5 nitrogen and oxygen atoms in total. The summed E-state index contributed by atoms with van der Waals surface area (Å²) in [5.74, 6) is 1.33. The van der Waals surface area contributed by atoms with Gasteiger partial charge in [-0.3, -0.25) is 9.10 Å². The fourth-order valence-corrected chi connectivity index (χ4v) is 5.60. The first-order valence-electron chi connectivity index (χ1n) is 9.40. The topological polar surface area (TPSA) is 66.5 Å². The Morgan fingerprint density at radius 1 is 1.00 bits per heavy atom. The maximum Gasteiger partial charge on any atom is 0.264 e. The van der Waals surface area contributed by atoms with Gasteiger partial charge < -0.3 is 5.32 Å².